The van der Waals surface area contributed by atoms with E-state index in [2.05, 4.69) is 41.9 Å². The summed E-state index contributed by atoms with van der Waals surface area (Å²) in [7, 11) is -0.726. The van der Waals surface area contributed by atoms with Gasteiger partial charge in [-0.25, -0.2) is 9.97 Å². The first-order chi connectivity index (χ1) is 15.3. The monoisotopic (exact) mass is 471 g/mol. The van der Waals surface area contributed by atoms with Gasteiger partial charge < -0.3 is 14.2 Å². The molecule has 0 amide bonds. The molecule has 0 saturated heterocycles. The Morgan fingerprint density at radius 2 is 1.75 bits per heavy atom. The van der Waals surface area contributed by atoms with E-state index in [1.165, 1.54) is 0 Å². The zero-order chi connectivity index (χ0) is 23.3. The number of ether oxygens (including phenoxy) is 1. The maximum absolute atomic E-state index is 12.7. The summed E-state index contributed by atoms with van der Waals surface area (Å²) < 4.78 is 18.4. The zero-order valence-corrected chi connectivity index (χ0v) is 21.1. The molecule has 0 radical (unpaired) electrons. The van der Waals surface area contributed by atoms with Crippen LogP contribution in [0, 0.1) is 0 Å². The molecule has 0 N–H and O–H groups in total. The van der Waals surface area contributed by atoms with E-state index in [9.17, 15) is 4.57 Å². The third-order valence-corrected chi connectivity index (χ3v) is 7.46. The summed E-state index contributed by atoms with van der Waals surface area (Å²) in [5, 5.41) is 1.37. The van der Waals surface area contributed by atoms with Gasteiger partial charge >= 0.3 is 0 Å². The molecule has 5 nitrogen and oxygen atoms in total. The lowest BCUT2D eigenvalue weighted by molar-refractivity contribution is 0.410. The highest BCUT2D eigenvalue weighted by Gasteiger charge is 2.18. The molecular weight excluding hydrogens is 441 g/mol. The minimum Gasteiger partial charge on any atom is -0.496 e. The van der Waals surface area contributed by atoms with Gasteiger partial charge in [-0.05, 0) is 38.8 Å². The topological polar surface area (TPSA) is 55.3 Å². The number of hydrogen-bond donors (Lipinski definition) is 0. The maximum Gasteiger partial charge on any atom is 0.133 e. The fraction of sp³-hybridized carbons (Fsp3) is 0.360. The van der Waals surface area contributed by atoms with E-state index < -0.39 is 7.14 Å². The van der Waals surface area contributed by atoms with Crippen LogP contribution in [0.4, 0.5) is 5.69 Å². The molecule has 2 aromatic carbocycles. The van der Waals surface area contributed by atoms with E-state index in [-0.39, 0.29) is 0 Å². The molecule has 0 fully saturated rings. The second-order valence-electron chi connectivity index (χ2n) is 8.08. The lowest BCUT2D eigenvalue weighted by atomic mass is 10.1. The molecule has 0 atom stereocenters. The van der Waals surface area contributed by atoms with Crippen LogP contribution in [0.25, 0.3) is 0 Å². The van der Waals surface area contributed by atoms with Gasteiger partial charge in [0, 0.05) is 54.7 Å². The Hall–Kier alpha value is -2.36. The van der Waals surface area contributed by atoms with Crippen molar-refractivity contribution in [2.24, 2.45) is 0 Å². The zero-order valence-electron chi connectivity index (χ0n) is 19.4. The summed E-state index contributed by atoms with van der Waals surface area (Å²) in [5.74, 6) is 1.49. The average molecular weight is 472 g/mol. The number of rotatable bonds is 9. The maximum atomic E-state index is 12.7. The first kappa shape index (κ1) is 24.3. The third kappa shape index (κ3) is 5.70. The smallest absolute Gasteiger partial charge is 0.133 e. The van der Waals surface area contributed by atoms with Crippen LogP contribution in [0.15, 0.2) is 48.7 Å². The van der Waals surface area contributed by atoms with Crippen LogP contribution in [0.1, 0.15) is 36.5 Å². The molecule has 0 unspecified atom stereocenters. The predicted octanol–water partition coefficient (Wildman–Crippen LogP) is 5.41. The number of methoxy groups -OCH3 is 1. The summed E-state index contributed by atoms with van der Waals surface area (Å²) in [5.41, 5.74) is 3.86. The Morgan fingerprint density at radius 1 is 1.03 bits per heavy atom. The Kier molecular flexibility index (Phi) is 7.97. The summed E-state index contributed by atoms with van der Waals surface area (Å²) in [6, 6.07) is 14.0. The van der Waals surface area contributed by atoms with E-state index in [4.69, 9.17) is 21.3 Å². The van der Waals surface area contributed by atoms with Crippen molar-refractivity contribution >= 4 is 29.7 Å². The molecule has 0 aliphatic rings. The van der Waals surface area contributed by atoms with Crippen LogP contribution in [-0.2, 0) is 17.4 Å². The Bertz CT molecular complexity index is 1130. The molecule has 32 heavy (non-hydrogen) atoms. The van der Waals surface area contributed by atoms with Crippen LogP contribution in [-0.4, -0.2) is 43.5 Å². The number of hydrogen-bond acceptors (Lipinski definition) is 5. The van der Waals surface area contributed by atoms with Crippen molar-refractivity contribution in [2.45, 2.75) is 26.7 Å². The number of benzene rings is 2. The minimum absolute atomic E-state index is 0.508. The van der Waals surface area contributed by atoms with E-state index >= 15 is 0 Å². The molecule has 0 aliphatic heterocycles. The number of anilines is 1. The standard InChI is InChI=1S/C25H31ClN3O2P/c1-6-29(7-2)20-13-12-18(23(16-20)31-3)15-25-27-17-21(26)22(28-25)14-19-10-8-9-11-24(19)32(4,5)30/h8-13,16-17H,6-7,14-15H2,1-5H3. The molecule has 1 heterocycles. The first-order valence-corrected chi connectivity index (χ1v) is 13.8. The van der Waals surface area contributed by atoms with Gasteiger partial charge in [-0.3, -0.25) is 0 Å². The Labute approximate surface area is 196 Å². The number of aromatic nitrogens is 2. The van der Waals surface area contributed by atoms with E-state index in [1.807, 2.05) is 24.3 Å². The highest BCUT2D eigenvalue weighted by Crippen LogP contribution is 2.36. The molecule has 3 aromatic rings. The van der Waals surface area contributed by atoms with Crippen molar-refractivity contribution in [3.05, 3.63) is 76.3 Å². The average Bonchev–Trinajstić information content (AvgIpc) is 2.77. The van der Waals surface area contributed by atoms with Crippen molar-refractivity contribution in [2.75, 3.05) is 38.4 Å². The molecule has 0 spiro atoms. The van der Waals surface area contributed by atoms with Gasteiger partial charge in [0.1, 0.15) is 18.7 Å². The fourth-order valence-electron chi connectivity index (χ4n) is 3.85. The summed E-state index contributed by atoms with van der Waals surface area (Å²) in [6.07, 6.45) is 2.69. The molecule has 0 bridgehead atoms. The van der Waals surface area contributed by atoms with Crippen LogP contribution in [0.3, 0.4) is 0 Å². The van der Waals surface area contributed by atoms with Gasteiger partial charge in [0.05, 0.1) is 17.8 Å². The lowest BCUT2D eigenvalue weighted by Gasteiger charge is -2.22. The van der Waals surface area contributed by atoms with Crippen molar-refractivity contribution in [1.29, 1.82) is 0 Å². The molecule has 7 heteroatoms. The lowest BCUT2D eigenvalue weighted by Crippen LogP contribution is -2.21. The van der Waals surface area contributed by atoms with Crippen molar-refractivity contribution in [1.82, 2.24) is 9.97 Å². The van der Waals surface area contributed by atoms with Gasteiger partial charge in [-0.1, -0.05) is 41.9 Å². The summed E-state index contributed by atoms with van der Waals surface area (Å²) in [4.78, 5) is 11.5. The fourth-order valence-corrected chi connectivity index (χ4v) is 5.30. The Balaban J connectivity index is 1.90. The highest BCUT2D eigenvalue weighted by molar-refractivity contribution is 7.70. The normalized spacial score (nSPS) is 11.4. The predicted molar refractivity (Wildman–Crippen MR) is 135 cm³/mol. The summed E-state index contributed by atoms with van der Waals surface area (Å²) >= 11 is 6.44. The van der Waals surface area contributed by atoms with Crippen LogP contribution in [0.2, 0.25) is 5.02 Å². The van der Waals surface area contributed by atoms with E-state index in [0.29, 0.717) is 23.7 Å². The number of halogens is 1. The van der Waals surface area contributed by atoms with Gasteiger partial charge in [-0.2, -0.15) is 0 Å². The number of nitrogens with zero attached hydrogens (tertiary/aromatic N) is 3. The largest absolute Gasteiger partial charge is 0.496 e. The second kappa shape index (κ2) is 10.5. The molecular formula is C25H31ClN3O2P. The van der Waals surface area contributed by atoms with Gasteiger partial charge in [-0.15, -0.1) is 0 Å². The third-order valence-electron chi connectivity index (χ3n) is 5.54. The highest BCUT2D eigenvalue weighted by atomic mass is 35.5. The molecule has 3 rings (SSSR count). The van der Waals surface area contributed by atoms with Gasteiger partial charge in [0.25, 0.3) is 0 Å². The molecule has 1 aromatic heterocycles. The van der Waals surface area contributed by atoms with Gasteiger partial charge in [0.2, 0.25) is 0 Å². The van der Waals surface area contributed by atoms with Crippen molar-refractivity contribution in [3.63, 3.8) is 0 Å². The quantitative estimate of drug-likeness (QED) is 0.390. The van der Waals surface area contributed by atoms with Crippen LogP contribution >= 0.6 is 18.7 Å². The summed E-state index contributed by atoms with van der Waals surface area (Å²) in [6.45, 7) is 9.72. The van der Waals surface area contributed by atoms with Crippen molar-refractivity contribution in [3.8, 4) is 5.75 Å². The van der Waals surface area contributed by atoms with E-state index in [1.54, 1.807) is 26.6 Å². The van der Waals surface area contributed by atoms with Crippen LogP contribution in [0.5, 0.6) is 5.75 Å². The minimum atomic E-state index is -2.41. The second-order valence-corrected chi connectivity index (χ2v) is 11.7. The van der Waals surface area contributed by atoms with Crippen molar-refractivity contribution < 1.29 is 9.30 Å². The molecule has 0 saturated carbocycles. The van der Waals surface area contributed by atoms with E-state index in [0.717, 1.165) is 46.7 Å². The Morgan fingerprint density at radius 3 is 2.41 bits per heavy atom. The van der Waals surface area contributed by atoms with Gasteiger partial charge in [0.15, 0.2) is 0 Å². The van der Waals surface area contributed by atoms with Crippen LogP contribution < -0.4 is 14.9 Å². The molecule has 0 aliphatic carbocycles. The first-order valence-electron chi connectivity index (χ1n) is 10.8. The molecule has 170 valence electrons. The SMILES string of the molecule is CCN(CC)c1ccc(Cc2ncc(Cl)c(Cc3ccccc3P(C)(C)=O)n2)c(OC)c1.